The zero-order valence-electron chi connectivity index (χ0n) is 18.5. The van der Waals surface area contributed by atoms with Crippen molar-refractivity contribution in [2.75, 3.05) is 0 Å². The maximum atomic E-state index is 12.7. The molecule has 166 valence electrons. The van der Waals surface area contributed by atoms with Crippen molar-refractivity contribution in [1.29, 1.82) is 0 Å². The Morgan fingerprint density at radius 1 is 1.25 bits per heavy atom. The number of aryl methyl sites for hydroxylation is 2. The zero-order chi connectivity index (χ0) is 22.2. The van der Waals surface area contributed by atoms with Gasteiger partial charge >= 0.3 is 0 Å². The molecule has 0 aliphatic heterocycles. The molecule has 4 heterocycles. The monoisotopic (exact) mass is 466 g/mol. The van der Waals surface area contributed by atoms with Gasteiger partial charge in [0, 0.05) is 28.9 Å². The molecule has 1 saturated carbocycles. The molecule has 2 unspecified atom stereocenters. The molecular weight excluding hydrogens is 440 g/mol. The van der Waals surface area contributed by atoms with Crippen LogP contribution < -0.4 is 5.56 Å². The van der Waals surface area contributed by atoms with Crippen molar-refractivity contribution in [2.45, 2.75) is 63.4 Å². The number of aromatic nitrogens is 6. The summed E-state index contributed by atoms with van der Waals surface area (Å²) in [6.07, 6.45) is 8.44. The standard InChI is InChI=1S/C23H26N6OS2/c1-13-7-4-5-9-17(13)29-20(16-8-6-10-24-11-16)27-28-23(29)31-12-18-25-21(30)19-14(2)15(3)32-22(19)26-18/h6,8,10-11,13,17H,4-5,7,9,12H2,1-3H3,(H,25,26,30). The number of hydrogen-bond donors (Lipinski definition) is 1. The van der Waals surface area contributed by atoms with Gasteiger partial charge in [-0.25, -0.2) is 4.98 Å². The molecule has 9 heteroatoms. The van der Waals surface area contributed by atoms with Gasteiger partial charge in [0.05, 0.1) is 11.1 Å². The number of H-pyrrole nitrogens is 1. The van der Waals surface area contributed by atoms with Crippen LogP contribution in [-0.4, -0.2) is 29.7 Å². The third kappa shape index (κ3) is 3.88. The molecule has 0 aromatic carbocycles. The molecule has 32 heavy (non-hydrogen) atoms. The lowest BCUT2D eigenvalue weighted by atomic mass is 9.85. The number of pyridine rings is 1. The molecule has 0 amide bonds. The number of hydrogen-bond acceptors (Lipinski definition) is 7. The second-order valence-electron chi connectivity index (χ2n) is 8.51. The second-order valence-corrected chi connectivity index (χ2v) is 10.7. The molecule has 5 rings (SSSR count). The van der Waals surface area contributed by atoms with Crippen LogP contribution >= 0.6 is 23.1 Å². The summed E-state index contributed by atoms with van der Waals surface area (Å²) in [6, 6.07) is 4.32. The van der Waals surface area contributed by atoms with E-state index in [1.807, 2.05) is 32.2 Å². The van der Waals surface area contributed by atoms with Crippen LogP contribution in [-0.2, 0) is 5.75 Å². The van der Waals surface area contributed by atoms with Gasteiger partial charge in [-0.3, -0.25) is 14.3 Å². The lowest BCUT2D eigenvalue weighted by Crippen LogP contribution is -2.22. The Labute approximate surface area is 194 Å². The van der Waals surface area contributed by atoms with Crippen LogP contribution in [0.2, 0.25) is 0 Å². The summed E-state index contributed by atoms with van der Waals surface area (Å²) >= 11 is 3.16. The van der Waals surface area contributed by atoms with Gasteiger partial charge < -0.3 is 4.98 Å². The topological polar surface area (TPSA) is 89.3 Å². The van der Waals surface area contributed by atoms with Crippen LogP contribution in [0.1, 0.15) is 54.9 Å². The fraction of sp³-hybridized carbons (Fsp3) is 0.435. The Balaban J connectivity index is 1.49. The van der Waals surface area contributed by atoms with E-state index < -0.39 is 0 Å². The predicted molar refractivity (Wildman–Crippen MR) is 129 cm³/mol. The van der Waals surface area contributed by atoms with Gasteiger partial charge in [-0.15, -0.1) is 21.5 Å². The SMILES string of the molecule is Cc1sc2nc(CSc3nnc(-c4cccnc4)n3C3CCCCC3C)[nH]c(=O)c2c1C. The second kappa shape index (κ2) is 8.78. The minimum atomic E-state index is -0.0640. The Hall–Kier alpha value is -2.52. The first-order valence-electron chi connectivity index (χ1n) is 11.0. The van der Waals surface area contributed by atoms with Crippen molar-refractivity contribution in [1.82, 2.24) is 29.7 Å². The average Bonchev–Trinajstić information content (AvgIpc) is 3.34. The van der Waals surface area contributed by atoms with Crippen LogP contribution in [0.4, 0.5) is 0 Å². The Kier molecular flexibility index (Phi) is 5.86. The largest absolute Gasteiger partial charge is 0.309 e. The summed E-state index contributed by atoms with van der Waals surface area (Å²) in [4.78, 5) is 26.6. The highest BCUT2D eigenvalue weighted by atomic mass is 32.2. The third-order valence-electron chi connectivity index (χ3n) is 6.41. The van der Waals surface area contributed by atoms with E-state index in [-0.39, 0.29) is 5.56 Å². The lowest BCUT2D eigenvalue weighted by Gasteiger charge is -2.31. The minimum Gasteiger partial charge on any atom is -0.309 e. The fourth-order valence-electron chi connectivity index (χ4n) is 4.55. The van der Waals surface area contributed by atoms with Crippen molar-refractivity contribution < 1.29 is 0 Å². The van der Waals surface area contributed by atoms with Gasteiger partial charge in [0.1, 0.15) is 10.7 Å². The molecule has 2 atom stereocenters. The fourth-order valence-corrected chi connectivity index (χ4v) is 6.46. The lowest BCUT2D eigenvalue weighted by molar-refractivity contribution is 0.247. The predicted octanol–water partition coefficient (Wildman–Crippen LogP) is 5.30. The molecule has 1 aliphatic carbocycles. The summed E-state index contributed by atoms with van der Waals surface area (Å²) in [5.74, 6) is 2.62. The van der Waals surface area contributed by atoms with Crippen molar-refractivity contribution >= 4 is 33.3 Å². The molecule has 0 spiro atoms. The van der Waals surface area contributed by atoms with Crippen molar-refractivity contribution in [3.8, 4) is 11.4 Å². The summed E-state index contributed by atoms with van der Waals surface area (Å²) in [5.41, 5.74) is 1.93. The first-order valence-corrected chi connectivity index (χ1v) is 12.8. The average molecular weight is 467 g/mol. The van der Waals surface area contributed by atoms with E-state index in [1.165, 1.54) is 19.3 Å². The highest BCUT2D eigenvalue weighted by molar-refractivity contribution is 7.98. The van der Waals surface area contributed by atoms with E-state index in [2.05, 4.69) is 31.7 Å². The summed E-state index contributed by atoms with van der Waals surface area (Å²) in [7, 11) is 0. The van der Waals surface area contributed by atoms with Crippen LogP contribution in [0, 0.1) is 19.8 Å². The number of nitrogens with zero attached hydrogens (tertiary/aromatic N) is 5. The molecule has 1 aliphatic rings. The Morgan fingerprint density at radius 3 is 2.88 bits per heavy atom. The van der Waals surface area contributed by atoms with Gasteiger partial charge in [-0.1, -0.05) is 31.5 Å². The van der Waals surface area contributed by atoms with Gasteiger partial charge in [0.15, 0.2) is 11.0 Å². The van der Waals surface area contributed by atoms with Gasteiger partial charge in [-0.05, 0) is 50.3 Å². The van der Waals surface area contributed by atoms with Crippen LogP contribution in [0.25, 0.3) is 21.6 Å². The van der Waals surface area contributed by atoms with E-state index in [0.29, 0.717) is 28.9 Å². The summed E-state index contributed by atoms with van der Waals surface area (Å²) in [6.45, 7) is 6.33. The first-order chi connectivity index (χ1) is 15.5. The maximum absolute atomic E-state index is 12.7. The van der Waals surface area contributed by atoms with E-state index in [1.54, 1.807) is 29.3 Å². The number of thioether (sulfide) groups is 1. The molecule has 4 aromatic heterocycles. The number of thiophene rings is 1. The van der Waals surface area contributed by atoms with Crippen LogP contribution in [0.15, 0.2) is 34.5 Å². The smallest absolute Gasteiger partial charge is 0.259 e. The zero-order valence-corrected chi connectivity index (χ0v) is 20.1. The summed E-state index contributed by atoms with van der Waals surface area (Å²) in [5, 5.41) is 10.7. The number of fused-ring (bicyclic) bond motifs is 1. The molecule has 1 N–H and O–H groups in total. The molecule has 0 saturated heterocycles. The highest BCUT2D eigenvalue weighted by Gasteiger charge is 2.29. The molecule has 0 bridgehead atoms. The van der Waals surface area contributed by atoms with E-state index in [4.69, 9.17) is 4.98 Å². The van der Waals surface area contributed by atoms with Crippen LogP contribution in [0.5, 0.6) is 0 Å². The molecule has 0 radical (unpaired) electrons. The van der Waals surface area contributed by atoms with Crippen molar-refractivity contribution in [3.05, 3.63) is 51.1 Å². The summed E-state index contributed by atoms with van der Waals surface area (Å²) < 4.78 is 2.29. The molecular formula is C23H26N6OS2. The van der Waals surface area contributed by atoms with E-state index in [0.717, 1.165) is 38.2 Å². The number of rotatable bonds is 5. The number of nitrogens with one attached hydrogen (secondary N) is 1. The quantitative estimate of drug-likeness (QED) is 0.402. The third-order valence-corrected chi connectivity index (χ3v) is 8.46. The van der Waals surface area contributed by atoms with Crippen LogP contribution in [0.3, 0.4) is 0 Å². The van der Waals surface area contributed by atoms with E-state index >= 15 is 0 Å². The first kappa shape index (κ1) is 21.3. The van der Waals surface area contributed by atoms with Gasteiger partial charge in [0.25, 0.3) is 5.56 Å². The van der Waals surface area contributed by atoms with Crippen molar-refractivity contribution in [2.24, 2.45) is 5.92 Å². The van der Waals surface area contributed by atoms with E-state index in [9.17, 15) is 4.79 Å². The molecule has 7 nitrogen and oxygen atoms in total. The Morgan fingerprint density at radius 2 is 2.09 bits per heavy atom. The van der Waals surface area contributed by atoms with Gasteiger partial charge in [-0.2, -0.15) is 0 Å². The van der Waals surface area contributed by atoms with Gasteiger partial charge in [0.2, 0.25) is 0 Å². The minimum absolute atomic E-state index is 0.0640. The van der Waals surface area contributed by atoms with Crippen molar-refractivity contribution in [3.63, 3.8) is 0 Å². The Bertz CT molecular complexity index is 1310. The molecule has 4 aromatic rings. The number of aromatic amines is 1. The highest BCUT2D eigenvalue weighted by Crippen LogP contribution is 2.39. The maximum Gasteiger partial charge on any atom is 0.259 e. The normalized spacial score (nSPS) is 19.0. The molecule has 1 fully saturated rings.